The minimum Gasteiger partial charge on any atom is -0.350 e. The fourth-order valence-corrected chi connectivity index (χ4v) is 2.12. The van der Waals surface area contributed by atoms with Gasteiger partial charge in [0.15, 0.2) is 0 Å². The first kappa shape index (κ1) is 16.9. The summed E-state index contributed by atoms with van der Waals surface area (Å²) in [7, 11) is 4.06. The summed E-state index contributed by atoms with van der Waals surface area (Å²) in [6.45, 7) is 1.78. The zero-order valence-corrected chi connectivity index (χ0v) is 13.6. The molecule has 2 N–H and O–H groups in total. The summed E-state index contributed by atoms with van der Waals surface area (Å²) >= 11 is 0. The number of nitrogens with zero attached hydrogens (tertiary/aromatic N) is 2. The van der Waals surface area contributed by atoms with Crippen LogP contribution in [0.2, 0.25) is 0 Å². The highest BCUT2D eigenvalue weighted by atomic mass is 16.2. The molecule has 2 rings (SSSR count). The molecule has 0 bridgehead atoms. The Balaban J connectivity index is 1.97. The van der Waals surface area contributed by atoms with Crippen molar-refractivity contribution >= 4 is 5.91 Å². The first-order valence-electron chi connectivity index (χ1n) is 7.75. The topological polar surface area (TPSA) is 68.4 Å². The first-order chi connectivity index (χ1) is 11.1. The average Bonchev–Trinajstić information content (AvgIpc) is 2.54. The number of hydrogen-bond acceptors (Lipinski definition) is 3. The Morgan fingerprint density at radius 1 is 1.17 bits per heavy atom. The van der Waals surface area contributed by atoms with E-state index >= 15 is 0 Å². The zero-order valence-electron chi connectivity index (χ0n) is 13.6. The summed E-state index contributed by atoms with van der Waals surface area (Å²) in [4.78, 5) is 25.0. The van der Waals surface area contributed by atoms with Crippen molar-refractivity contribution in [3.63, 3.8) is 0 Å². The van der Waals surface area contributed by atoms with E-state index in [0.717, 1.165) is 17.8 Å². The van der Waals surface area contributed by atoms with Gasteiger partial charge >= 0.3 is 0 Å². The van der Waals surface area contributed by atoms with Crippen molar-refractivity contribution in [1.82, 2.24) is 15.1 Å². The maximum Gasteiger partial charge on any atom is 0.266 e. The highest BCUT2D eigenvalue weighted by molar-refractivity contribution is 5.75. The lowest BCUT2D eigenvalue weighted by Gasteiger charge is -2.09. The Morgan fingerprint density at radius 2 is 1.91 bits per heavy atom. The third kappa shape index (κ3) is 5.34. The van der Waals surface area contributed by atoms with Crippen LogP contribution in [0.25, 0.3) is 11.3 Å². The second-order valence-corrected chi connectivity index (χ2v) is 5.70. The molecule has 0 spiro atoms. The summed E-state index contributed by atoms with van der Waals surface area (Å²) in [5, 5.41) is 7.19. The van der Waals surface area contributed by atoms with Gasteiger partial charge in [0.05, 0.1) is 39.4 Å². The van der Waals surface area contributed by atoms with Crippen molar-refractivity contribution < 1.29 is 9.69 Å². The number of benzene rings is 1. The number of carbonyl (C=O) groups is 1. The number of aromatic nitrogens is 2. The maximum absolute atomic E-state index is 11.9. The minimum absolute atomic E-state index is 0.0648. The number of hydrogen-bond donors (Lipinski definition) is 2. The third-order valence-corrected chi connectivity index (χ3v) is 3.43. The molecule has 6 heteroatoms. The first-order valence-corrected chi connectivity index (χ1v) is 7.75. The van der Waals surface area contributed by atoms with Gasteiger partial charge in [-0.2, -0.15) is 5.10 Å². The smallest absolute Gasteiger partial charge is 0.266 e. The van der Waals surface area contributed by atoms with Gasteiger partial charge in [-0.3, -0.25) is 9.59 Å². The van der Waals surface area contributed by atoms with E-state index in [1.165, 1.54) is 15.6 Å². The van der Waals surface area contributed by atoms with Gasteiger partial charge < -0.3 is 10.2 Å². The second-order valence-electron chi connectivity index (χ2n) is 5.70. The van der Waals surface area contributed by atoms with E-state index in [9.17, 15) is 9.59 Å². The van der Waals surface area contributed by atoms with Crippen LogP contribution in [0.15, 0.2) is 47.3 Å². The molecule has 2 aromatic rings. The van der Waals surface area contributed by atoms with E-state index in [1.54, 1.807) is 6.07 Å². The van der Waals surface area contributed by atoms with E-state index < -0.39 is 0 Å². The molecule has 0 aliphatic rings. The molecule has 1 amide bonds. The monoisotopic (exact) mass is 315 g/mol. The van der Waals surface area contributed by atoms with Gasteiger partial charge in [0, 0.05) is 18.1 Å². The van der Waals surface area contributed by atoms with Crippen LogP contribution in [0.4, 0.5) is 0 Å². The van der Waals surface area contributed by atoms with Crippen molar-refractivity contribution in [3.8, 4) is 11.3 Å². The number of rotatable bonds is 7. The number of amides is 1. The number of quaternary nitrogens is 1. The molecule has 0 aliphatic carbocycles. The van der Waals surface area contributed by atoms with Crippen molar-refractivity contribution in [2.75, 3.05) is 27.2 Å². The van der Waals surface area contributed by atoms with Crippen molar-refractivity contribution in [1.29, 1.82) is 0 Å². The Kier molecular flexibility index (Phi) is 6.05. The number of likely N-dealkylation sites (N-methyl/N-ethyl adjacent to an activating group) is 1. The average molecular weight is 315 g/mol. The maximum atomic E-state index is 11.9. The molecule has 0 saturated heterocycles. The van der Waals surface area contributed by atoms with Crippen LogP contribution >= 0.6 is 0 Å². The molecule has 1 aromatic carbocycles. The number of nitrogens with one attached hydrogen (secondary N) is 2. The Bertz CT molecular complexity index is 695. The van der Waals surface area contributed by atoms with Gasteiger partial charge in [0.25, 0.3) is 5.56 Å². The van der Waals surface area contributed by atoms with Gasteiger partial charge in [-0.15, -0.1) is 0 Å². The fourth-order valence-electron chi connectivity index (χ4n) is 2.12. The molecule has 122 valence electrons. The summed E-state index contributed by atoms with van der Waals surface area (Å²) in [5.74, 6) is -0.0648. The molecule has 6 nitrogen and oxygen atoms in total. The predicted molar refractivity (Wildman–Crippen MR) is 89.2 cm³/mol. The molecular formula is C17H23N4O2+. The van der Waals surface area contributed by atoms with E-state index in [0.29, 0.717) is 6.54 Å². The van der Waals surface area contributed by atoms with Crippen molar-refractivity contribution in [3.05, 3.63) is 52.8 Å². The summed E-state index contributed by atoms with van der Waals surface area (Å²) in [5.41, 5.74) is 1.47. The van der Waals surface area contributed by atoms with Gasteiger partial charge in [0.2, 0.25) is 5.91 Å². The normalized spacial score (nSPS) is 10.7. The van der Waals surface area contributed by atoms with E-state index in [4.69, 9.17) is 0 Å². The lowest BCUT2D eigenvalue weighted by Crippen LogP contribution is -3.06. The van der Waals surface area contributed by atoms with Crippen LogP contribution in [0, 0.1) is 0 Å². The molecule has 1 aromatic heterocycles. The lowest BCUT2D eigenvalue weighted by molar-refractivity contribution is -0.856. The number of carbonyl (C=O) groups excluding carboxylic acids is 1. The van der Waals surface area contributed by atoms with Gasteiger partial charge in [-0.25, -0.2) is 4.68 Å². The van der Waals surface area contributed by atoms with Crippen molar-refractivity contribution in [2.24, 2.45) is 0 Å². The van der Waals surface area contributed by atoms with E-state index in [2.05, 4.69) is 10.4 Å². The summed E-state index contributed by atoms with van der Waals surface area (Å²) in [6, 6.07) is 12.8. The van der Waals surface area contributed by atoms with Gasteiger partial charge in [0.1, 0.15) is 0 Å². The lowest BCUT2D eigenvalue weighted by atomic mass is 10.1. The second kappa shape index (κ2) is 8.24. The number of aryl methyl sites for hydroxylation is 1. The molecule has 23 heavy (non-hydrogen) atoms. The highest BCUT2D eigenvalue weighted by Gasteiger charge is 2.06. The Labute approximate surface area is 135 Å². The quantitative estimate of drug-likeness (QED) is 0.728. The van der Waals surface area contributed by atoms with E-state index in [-0.39, 0.29) is 24.4 Å². The van der Waals surface area contributed by atoms with Crippen LogP contribution in [0.5, 0.6) is 0 Å². The van der Waals surface area contributed by atoms with Crippen LogP contribution in [-0.4, -0.2) is 42.9 Å². The standard InChI is InChI=1S/C17H22N4O2/c1-20(2)13-11-18-16(22)10-12-21-17(23)9-8-15(19-21)14-6-4-3-5-7-14/h3-9H,10-13H2,1-2H3,(H,18,22)/p+1. The molecular weight excluding hydrogens is 292 g/mol. The largest absolute Gasteiger partial charge is 0.350 e. The molecule has 0 fully saturated rings. The van der Waals surface area contributed by atoms with Crippen molar-refractivity contribution in [2.45, 2.75) is 13.0 Å². The SMILES string of the molecule is C[NH+](C)CCNC(=O)CCn1nc(-c2ccccc2)ccc1=O. The summed E-state index contributed by atoms with van der Waals surface area (Å²) < 4.78 is 1.35. The van der Waals surface area contributed by atoms with Gasteiger partial charge in [-0.05, 0) is 6.07 Å². The molecule has 0 aliphatic heterocycles. The fraction of sp³-hybridized carbons (Fsp3) is 0.353. The van der Waals surface area contributed by atoms with Crippen LogP contribution < -0.4 is 15.8 Å². The van der Waals surface area contributed by atoms with Crippen LogP contribution in [-0.2, 0) is 11.3 Å². The van der Waals surface area contributed by atoms with Gasteiger partial charge in [-0.1, -0.05) is 30.3 Å². The Hall–Kier alpha value is -2.47. The molecule has 0 atom stereocenters. The molecule has 0 radical (unpaired) electrons. The van der Waals surface area contributed by atoms with Crippen LogP contribution in [0.1, 0.15) is 6.42 Å². The van der Waals surface area contributed by atoms with E-state index in [1.807, 2.05) is 44.4 Å². The minimum atomic E-state index is -0.199. The molecule has 0 saturated carbocycles. The summed E-state index contributed by atoms with van der Waals surface area (Å²) in [6.07, 6.45) is 0.244. The van der Waals surface area contributed by atoms with Crippen LogP contribution in [0.3, 0.4) is 0 Å². The highest BCUT2D eigenvalue weighted by Crippen LogP contribution is 2.13. The molecule has 1 heterocycles. The third-order valence-electron chi connectivity index (χ3n) is 3.43. The molecule has 0 unspecified atom stereocenters. The predicted octanol–water partition coefficient (Wildman–Crippen LogP) is -0.439. The Morgan fingerprint density at radius 3 is 2.61 bits per heavy atom. The zero-order chi connectivity index (χ0) is 16.7.